The van der Waals surface area contributed by atoms with Gasteiger partial charge in [0.05, 0.1) is 18.6 Å². The van der Waals surface area contributed by atoms with Gasteiger partial charge in [0, 0.05) is 45.4 Å². The van der Waals surface area contributed by atoms with Crippen LogP contribution in [0.15, 0.2) is 12.5 Å². The van der Waals surface area contributed by atoms with E-state index < -0.39 is 0 Å². The molecule has 0 aliphatic rings. The van der Waals surface area contributed by atoms with Crippen LogP contribution in [0.1, 0.15) is 26.0 Å². The van der Waals surface area contributed by atoms with E-state index in [1.807, 2.05) is 10.8 Å². The fourth-order valence-corrected chi connectivity index (χ4v) is 1.61. The second-order valence-corrected chi connectivity index (χ2v) is 4.71. The molecule has 1 rings (SSSR count). The lowest BCUT2D eigenvalue weighted by molar-refractivity contribution is -0.121. The number of carbonyl (C=O) groups excluding carboxylic acids is 1. The molecule has 0 aliphatic heterocycles. The Labute approximate surface area is 114 Å². The molecule has 19 heavy (non-hydrogen) atoms. The third-order valence-corrected chi connectivity index (χ3v) is 2.70. The van der Waals surface area contributed by atoms with Crippen LogP contribution >= 0.6 is 0 Å². The number of imidazole rings is 1. The maximum Gasteiger partial charge on any atom is 0.221 e. The Morgan fingerprint density at radius 2 is 2.32 bits per heavy atom. The van der Waals surface area contributed by atoms with Gasteiger partial charge in [-0.1, -0.05) is 13.8 Å². The average molecular weight is 268 g/mol. The Hall–Kier alpha value is -1.40. The Balaban J connectivity index is 2.32. The van der Waals surface area contributed by atoms with E-state index in [9.17, 15) is 4.79 Å². The molecule has 1 heterocycles. The number of aromatic nitrogens is 2. The van der Waals surface area contributed by atoms with Crippen LogP contribution in [0.25, 0.3) is 0 Å². The van der Waals surface area contributed by atoms with Crippen molar-refractivity contribution in [2.75, 3.05) is 20.3 Å². The van der Waals surface area contributed by atoms with Crippen molar-refractivity contribution in [1.82, 2.24) is 20.2 Å². The maximum atomic E-state index is 11.6. The highest BCUT2D eigenvalue weighted by atomic mass is 16.5. The first-order chi connectivity index (χ1) is 9.13. The number of carbonyl (C=O) groups is 1. The zero-order valence-corrected chi connectivity index (χ0v) is 12.0. The molecule has 0 saturated heterocycles. The van der Waals surface area contributed by atoms with Gasteiger partial charge in [0.2, 0.25) is 5.91 Å². The zero-order valence-electron chi connectivity index (χ0n) is 12.0. The molecular formula is C13H24N4O2. The molecule has 1 aromatic rings. The number of nitrogens with zero attached hydrogens (tertiary/aromatic N) is 2. The summed E-state index contributed by atoms with van der Waals surface area (Å²) in [6.07, 6.45) is 4.05. The van der Waals surface area contributed by atoms with Crippen molar-refractivity contribution in [2.24, 2.45) is 0 Å². The molecule has 0 radical (unpaired) electrons. The van der Waals surface area contributed by atoms with Crippen molar-refractivity contribution < 1.29 is 9.53 Å². The van der Waals surface area contributed by atoms with Gasteiger partial charge in [-0.15, -0.1) is 0 Å². The quantitative estimate of drug-likeness (QED) is 0.641. The zero-order chi connectivity index (χ0) is 14.1. The van der Waals surface area contributed by atoms with Gasteiger partial charge < -0.3 is 19.9 Å². The van der Waals surface area contributed by atoms with Gasteiger partial charge in [-0.2, -0.15) is 0 Å². The standard InChI is InChI=1S/C13H24N4O2/c1-11(2)16-9-12-8-14-10-17(12)6-4-13(18)15-5-7-19-3/h8,10-11,16H,4-7,9H2,1-3H3,(H,15,18). The van der Waals surface area contributed by atoms with Gasteiger partial charge in [0.25, 0.3) is 0 Å². The van der Waals surface area contributed by atoms with Crippen LogP contribution in [0, 0.1) is 0 Å². The highest BCUT2D eigenvalue weighted by molar-refractivity contribution is 5.75. The van der Waals surface area contributed by atoms with Crippen LogP contribution in [-0.2, 0) is 22.6 Å². The van der Waals surface area contributed by atoms with Crippen LogP contribution < -0.4 is 10.6 Å². The van der Waals surface area contributed by atoms with Crippen LogP contribution in [0.5, 0.6) is 0 Å². The number of rotatable bonds is 9. The SMILES string of the molecule is COCCNC(=O)CCn1cncc1CNC(C)C. The molecular weight excluding hydrogens is 244 g/mol. The highest BCUT2D eigenvalue weighted by Crippen LogP contribution is 2.01. The largest absolute Gasteiger partial charge is 0.383 e. The van der Waals surface area contributed by atoms with Crippen molar-refractivity contribution in [3.05, 3.63) is 18.2 Å². The molecule has 0 fully saturated rings. The normalized spacial score (nSPS) is 10.9. The van der Waals surface area contributed by atoms with Crippen LogP contribution in [-0.4, -0.2) is 41.8 Å². The van der Waals surface area contributed by atoms with Crippen molar-refractivity contribution in [3.8, 4) is 0 Å². The first kappa shape index (κ1) is 15.7. The molecule has 1 aromatic heterocycles. The van der Waals surface area contributed by atoms with E-state index >= 15 is 0 Å². The Morgan fingerprint density at radius 1 is 1.53 bits per heavy atom. The summed E-state index contributed by atoms with van der Waals surface area (Å²) in [7, 11) is 1.62. The Morgan fingerprint density at radius 3 is 3.00 bits per heavy atom. The lowest BCUT2D eigenvalue weighted by atomic mass is 10.3. The van der Waals surface area contributed by atoms with Crippen LogP contribution in [0.3, 0.4) is 0 Å². The Bertz CT molecular complexity index is 376. The minimum Gasteiger partial charge on any atom is -0.383 e. The molecule has 0 spiro atoms. The Kier molecular flexibility index (Phi) is 7.14. The van der Waals surface area contributed by atoms with E-state index in [1.54, 1.807) is 13.4 Å². The summed E-state index contributed by atoms with van der Waals surface area (Å²) in [5.41, 5.74) is 1.10. The number of aryl methyl sites for hydroxylation is 1. The average Bonchev–Trinajstić information content (AvgIpc) is 2.81. The summed E-state index contributed by atoms with van der Waals surface area (Å²) in [4.78, 5) is 15.7. The molecule has 1 amide bonds. The third-order valence-electron chi connectivity index (χ3n) is 2.70. The minimum atomic E-state index is 0.0357. The van der Waals surface area contributed by atoms with Crippen molar-refractivity contribution in [3.63, 3.8) is 0 Å². The molecule has 108 valence electrons. The fourth-order valence-electron chi connectivity index (χ4n) is 1.61. The number of hydrogen-bond donors (Lipinski definition) is 2. The highest BCUT2D eigenvalue weighted by Gasteiger charge is 2.05. The number of methoxy groups -OCH3 is 1. The predicted octanol–water partition coefficient (Wildman–Crippen LogP) is 0.534. The van der Waals surface area contributed by atoms with Gasteiger partial charge in [0.15, 0.2) is 0 Å². The predicted molar refractivity (Wildman–Crippen MR) is 73.7 cm³/mol. The first-order valence-electron chi connectivity index (χ1n) is 6.61. The van der Waals surface area contributed by atoms with Gasteiger partial charge >= 0.3 is 0 Å². The molecule has 0 unspecified atom stereocenters. The summed E-state index contributed by atoms with van der Waals surface area (Å²) in [5.74, 6) is 0.0357. The number of hydrogen-bond acceptors (Lipinski definition) is 4. The second kappa shape index (κ2) is 8.66. The van der Waals surface area contributed by atoms with Gasteiger partial charge in [-0.05, 0) is 0 Å². The molecule has 0 aromatic carbocycles. The lowest BCUT2D eigenvalue weighted by Crippen LogP contribution is -2.28. The molecule has 2 N–H and O–H groups in total. The number of nitrogens with one attached hydrogen (secondary N) is 2. The van der Waals surface area contributed by atoms with E-state index in [2.05, 4.69) is 29.5 Å². The van der Waals surface area contributed by atoms with E-state index in [0.29, 0.717) is 32.2 Å². The maximum absolute atomic E-state index is 11.6. The van der Waals surface area contributed by atoms with Crippen LogP contribution in [0.2, 0.25) is 0 Å². The first-order valence-corrected chi connectivity index (χ1v) is 6.61. The molecule has 0 atom stereocenters. The van der Waals surface area contributed by atoms with Gasteiger partial charge in [0.1, 0.15) is 0 Å². The fraction of sp³-hybridized carbons (Fsp3) is 0.692. The van der Waals surface area contributed by atoms with Crippen LogP contribution in [0.4, 0.5) is 0 Å². The summed E-state index contributed by atoms with van der Waals surface area (Å²) in [6, 6.07) is 0.431. The molecule has 6 heteroatoms. The van der Waals surface area contributed by atoms with E-state index in [1.165, 1.54) is 0 Å². The van der Waals surface area contributed by atoms with Gasteiger partial charge in [-0.25, -0.2) is 4.98 Å². The molecule has 0 aliphatic carbocycles. The lowest BCUT2D eigenvalue weighted by Gasteiger charge is -2.11. The van der Waals surface area contributed by atoms with Crippen molar-refractivity contribution in [1.29, 1.82) is 0 Å². The van der Waals surface area contributed by atoms with Gasteiger partial charge in [-0.3, -0.25) is 4.79 Å². The summed E-state index contributed by atoms with van der Waals surface area (Å²) >= 11 is 0. The monoisotopic (exact) mass is 268 g/mol. The van der Waals surface area contributed by atoms with E-state index in [4.69, 9.17) is 4.74 Å². The van der Waals surface area contributed by atoms with Crippen molar-refractivity contribution >= 4 is 5.91 Å². The number of ether oxygens (including phenoxy) is 1. The minimum absolute atomic E-state index is 0.0357. The number of amides is 1. The summed E-state index contributed by atoms with van der Waals surface area (Å²) in [5, 5.41) is 6.14. The third kappa shape index (κ3) is 6.35. The van der Waals surface area contributed by atoms with E-state index in [0.717, 1.165) is 12.2 Å². The smallest absolute Gasteiger partial charge is 0.221 e. The molecule has 0 bridgehead atoms. The van der Waals surface area contributed by atoms with E-state index in [-0.39, 0.29) is 5.91 Å². The van der Waals surface area contributed by atoms with Crippen molar-refractivity contribution in [2.45, 2.75) is 39.4 Å². The second-order valence-electron chi connectivity index (χ2n) is 4.71. The molecule has 0 saturated carbocycles. The topological polar surface area (TPSA) is 68.2 Å². The summed E-state index contributed by atoms with van der Waals surface area (Å²) in [6.45, 7) is 6.71. The summed E-state index contributed by atoms with van der Waals surface area (Å²) < 4.78 is 6.88. The molecule has 6 nitrogen and oxygen atoms in total.